The van der Waals surface area contributed by atoms with Crippen LogP contribution in [0, 0.1) is 5.92 Å². The summed E-state index contributed by atoms with van der Waals surface area (Å²) in [6.07, 6.45) is -5.37. The number of ketones is 1. The summed E-state index contributed by atoms with van der Waals surface area (Å²) < 4.78 is 45.3. The standard InChI is InChI=1S/C32H50N4O13S/c1-9-44-29(40)20(3)47-31(42)22(5)48-30(41)21(4)46-28(39)19(2)16-23(37)10-11-25(38)49-24(17-33-32(6,7)8)18-45-27-26(34-50-35-27)36-12-14-43-15-13-36/h19-22,24,33H,9-18H2,1-8H3/t19-,20+,21+,22+,24+/m1/s1. The minimum absolute atomic E-state index is 0.00168. The fourth-order valence-corrected chi connectivity index (χ4v) is 4.73. The summed E-state index contributed by atoms with van der Waals surface area (Å²) in [5, 5.41) is 3.28. The highest BCUT2D eigenvalue weighted by Gasteiger charge is 2.30. The van der Waals surface area contributed by atoms with E-state index in [9.17, 15) is 28.8 Å². The van der Waals surface area contributed by atoms with Crippen LogP contribution in [0.4, 0.5) is 5.82 Å². The predicted molar refractivity (Wildman–Crippen MR) is 177 cm³/mol. The first-order valence-electron chi connectivity index (χ1n) is 16.5. The molecule has 0 spiro atoms. The molecule has 1 aromatic heterocycles. The highest BCUT2D eigenvalue weighted by molar-refractivity contribution is 6.99. The Morgan fingerprint density at radius 2 is 1.42 bits per heavy atom. The minimum atomic E-state index is -1.40. The number of carbonyl (C=O) groups excluding carboxylic acids is 6. The van der Waals surface area contributed by atoms with Crippen molar-refractivity contribution in [2.45, 2.75) is 105 Å². The van der Waals surface area contributed by atoms with Gasteiger partial charge in [0.1, 0.15) is 18.5 Å². The topological polar surface area (TPSA) is 208 Å². The van der Waals surface area contributed by atoms with E-state index in [0.29, 0.717) is 38.0 Å². The van der Waals surface area contributed by atoms with Gasteiger partial charge in [-0.1, -0.05) is 6.92 Å². The van der Waals surface area contributed by atoms with Crippen molar-refractivity contribution in [2.75, 3.05) is 51.0 Å². The Hall–Kier alpha value is -3.90. The molecule has 2 rings (SSSR count). The maximum atomic E-state index is 12.8. The number of carbonyl (C=O) groups is 6. The summed E-state index contributed by atoms with van der Waals surface area (Å²) in [5.74, 6) is -4.64. The number of anilines is 1. The molecule has 0 radical (unpaired) electrons. The average Bonchev–Trinajstić information content (AvgIpc) is 3.53. The smallest absolute Gasteiger partial charge is 0.347 e. The van der Waals surface area contributed by atoms with Crippen molar-refractivity contribution in [3.8, 4) is 5.88 Å². The monoisotopic (exact) mass is 730 g/mol. The van der Waals surface area contributed by atoms with Crippen molar-refractivity contribution < 1.29 is 61.9 Å². The molecular weight excluding hydrogens is 680 g/mol. The van der Waals surface area contributed by atoms with Crippen molar-refractivity contribution in [3.05, 3.63) is 0 Å². The molecule has 17 nitrogen and oxygen atoms in total. The second-order valence-corrected chi connectivity index (χ2v) is 13.2. The molecule has 2 heterocycles. The van der Waals surface area contributed by atoms with Crippen molar-refractivity contribution >= 4 is 53.2 Å². The van der Waals surface area contributed by atoms with Crippen LogP contribution in [0.15, 0.2) is 0 Å². The molecule has 282 valence electrons. The lowest BCUT2D eigenvalue weighted by Crippen LogP contribution is -2.44. The van der Waals surface area contributed by atoms with Crippen LogP contribution in [0.5, 0.6) is 5.88 Å². The van der Waals surface area contributed by atoms with Gasteiger partial charge in [0.2, 0.25) is 5.82 Å². The molecule has 0 bridgehead atoms. The van der Waals surface area contributed by atoms with Gasteiger partial charge in [0, 0.05) is 38.0 Å². The molecule has 0 saturated carbocycles. The SMILES string of the molecule is CCOC(=O)[C@H](C)OC(=O)[C@H](C)OC(=O)[C@H](C)OC(=O)[C@H](C)CC(=O)CCC(=O)O[C@@H](CNC(C)(C)C)COc1nsnc1N1CCOCC1. The van der Waals surface area contributed by atoms with E-state index >= 15 is 0 Å². The summed E-state index contributed by atoms with van der Waals surface area (Å²) in [5.41, 5.74) is -0.269. The Kier molecular flexibility index (Phi) is 17.5. The lowest BCUT2D eigenvalue weighted by atomic mass is 10.0. The first kappa shape index (κ1) is 42.3. The zero-order valence-electron chi connectivity index (χ0n) is 30.0. The van der Waals surface area contributed by atoms with Crippen molar-refractivity contribution in [1.29, 1.82) is 0 Å². The van der Waals surface area contributed by atoms with Crippen molar-refractivity contribution in [2.24, 2.45) is 5.92 Å². The van der Waals surface area contributed by atoms with Crippen molar-refractivity contribution in [3.63, 3.8) is 0 Å². The molecule has 0 unspecified atom stereocenters. The maximum Gasteiger partial charge on any atom is 0.347 e. The van der Waals surface area contributed by atoms with E-state index in [2.05, 4.69) is 14.1 Å². The molecule has 1 aliphatic heterocycles. The van der Waals surface area contributed by atoms with Crippen LogP contribution in [-0.4, -0.2) is 120 Å². The van der Waals surface area contributed by atoms with E-state index in [1.807, 2.05) is 25.7 Å². The number of morpholine rings is 1. The average molecular weight is 731 g/mol. The van der Waals surface area contributed by atoms with E-state index in [1.54, 1.807) is 6.92 Å². The van der Waals surface area contributed by atoms with E-state index in [-0.39, 0.29) is 44.6 Å². The Balaban J connectivity index is 1.81. The first-order chi connectivity index (χ1) is 23.5. The van der Waals surface area contributed by atoms with Crippen LogP contribution in [0.1, 0.15) is 74.7 Å². The van der Waals surface area contributed by atoms with Gasteiger partial charge in [-0.15, -0.1) is 4.37 Å². The van der Waals surface area contributed by atoms with Gasteiger partial charge in [-0.05, 0) is 48.5 Å². The van der Waals surface area contributed by atoms with Crippen LogP contribution in [0.25, 0.3) is 0 Å². The molecule has 18 heteroatoms. The van der Waals surface area contributed by atoms with E-state index in [1.165, 1.54) is 27.7 Å². The number of nitrogens with zero attached hydrogens (tertiary/aromatic N) is 3. The molecule has 0 aliphatic carbocycles. The number of aromatic nitrogens is 2. The van der Waals surface area contributed by atoms with Gasteiger partial charge < -0.3 is 43.4 Å². The van der Waals surface area contributed by atoms with Gasteiger partial charge in [0.25, 0.3) is 5.88 Å². The summed E-state index contributed by atoms with van der Waals surface area (Å²) in [6.45, 7) is 15.5. The third kappa shape index (κ3) is 15.3. The third-order valence-electron chi connectivity index (χ3n) is 7.02. The predicted octanol–water partition coefficient (Wildman–Crippen LogP) is 1.79. The van der Waals surface area contributed by atoms with Crippen LogP contribution in [-0.2, 0) is 57.2 Å². The van der Waals surface area contributed by atoms with Crippen molar-refractivity contribution in [1.82, 2.24) is 14.1 Å². The Morgan fingerprint density at radius 3 is 2.00 bits per heavy atom. The number of esters is 5. The summed E-state index contributed by atoms with van der Waals surface area (Å²) in [6, 6.07) is 0. The largest absolute Gasteiger partial charge is 0.470 e. The van der Waals surface area contributed by atoms with E-state index in [0.717, 1.165) is 11.7 Å². The Morgan fingerprint density at radius 1 is 0.840 bits per heavy atom. The highest BCUT2D eigenvalue weighted by atomic mass is 32.1. The fourth-order valence-electron chi connectivity index (χ4n) is 4.21. The molecule has 1 N–H and O–H groups in total. The summed E-state index contributed by atoms with van der Waals surface area (Å²) in [4.78, 5) is 76.2. The van der Waals surface area contributed by atoms with E-state index in [4.69, 9.17) is 33.2 Å². The number of ether oxygens (including phenoxy) is 7. The number of hydrogen-bond donors (Lipinski definition) is 1. The second-order valence-electron chi connectivity index (χ2n) is 12.7. The second kappa shape index (κ2) is 20.7. The molecule has 1 aliphatic rings. The van der Waals surface area contributed by atoms with Gasteiger partial charge in [0.15, 0.2) is 18.3 Å². The van der Waals surface area contributed by atoms with Gasteiger partial charge >= 0.3 is 29.8 Å². The van der Waals surface area contributed by atoms with Gasteiger partial charge in [-0.2, -0.15) is 4.37 Å². The highest BCUT2D eigenvalue weighted by Crippen LogP contribution is 2.26. The molecule has 1 aromatic rings. The van der Waals surface area contributed by atoms with Crippen LogP contribution in [0.2, 0.25) is 0 Å². The lowest BCUT2D eigenvalue weighted by Gasteiger charge is -2.27. The fraction of sp³-hybridized carbons (Fsp3) is 0.750. The lowest BCUT2D eigenvalue weighted by molar-refractivity contribution is -0.182. The molecule has 1 saturated heterocycles. The van der Waals surface area contributed by atoms with Gasteiger partial charge in [-0.3, -0.25) is 14.4 Å². The number of Topliss-reactive ketones (excluding diaryl/α,β-unsaturated/α-hetero) is 1. The Labute approximate surface area is 296 Å². The van der Waals surface area contributed by atoms with E-state index < -0.39 is 66.0 Å². The summed E-state index contributed by atoms with van der Waals surface area (Å²) in [7, 11) is 0. The van der Waals surface area contributed by atoms with Crippen LogP contribution >= 0.6 is 11.7 Å². The van der Waals surface area contributed by atoms with Crippen LogP contribution < -0.4 is 15.0 Å². The summed E-state index contributed by atoms with van der Waals surface area (Å²) >= 11 is 1.02. The maximum absolute atomic E-state index is 12.8. The van der Waals surface area contributed by atoms with Crippen LogP contribution in [0.3, 0.4) is 0 Å². The Bertz CT molecular complexity index is 1290. The number of hydrogen-bond acceptors (Lipinski definition) is 18. The number of rotatable bonds is 20. The van der Waals surface area contributed by atoms with Gasteiger partial charge in [-0.25, -0.2) is 14.4 Å². The first-order valence-corrected chi connectivity index (χ1v) is 17.3. The zero-order chi connectivity index (χ0) is 37.4. The normalized spacial score (nSPS) is 16.2. The molecule has 50 heavy (non-hydrogen) atoms. The molecule has 5 atom stereocenters. The van der Waals surface area contributed by atoms with Gasteiger partial charge in [0.05, 0.1) is 43.9 Å². The zero-order valence-corrected chi connectivity index (χ0v) is 30.8. The third-order valence-corrected chi connectivity index (χ3v) is 7.52. The quantitative estimate of drug-likeness (QED) is 0.150. The molecule has 1 fully saturated rings. The molecule has 0 amide bonds. The minimum Gasteiger partial charge on any atom is -0.470 e. The molecule has 0 aromatic carbocycles. The molecular formula is C32H50N4O13S. The number of nitrogens with one attached hydrogen (secondary N) is 1.